The minimum atomic E-state index is -0.400. The maximum atomic E-state index is 12.6. The van der Waals surface area contributed by atoms with Crippen LogP contribution in [0.5, 0.6) is 0 Å². The SMILES string of the molecule is Cc1cccc(NC(=O)[C@@H]2CCCN2C(=O)c2ccccc2)c1. The summed E-state index contributed by atoms with van der Waals surface area (Å²) in [4.78, 5) is 26.9. The van der Waals surface area contributed by atoms with Crippen LogP contribution in [-0.2, 0) is 4.79 Å². The van der Waals surface area contributed by atoms with Gasteiger partial charge in [-0.15, -0.1) is 0 Å². The first-order chi connectivity index (χ1) is 11.1. The number of aryl methyl sites for hydroxylation is 1. The third kappa shape index (κ3) is 3.42. The van der Waals surface area contributed by atoms with Gasteiger partial charge in [0.15, 0.2) is 0 Å². The van der Waals surface area contributed by atoms with Crippen LogP contribution < -0.4 is 5.32 Å². The van der Waals surface area contributed by atoms with E-state index < -0.39 is 6.04 Å². The zero-order valence-corrected chi connectivity index (χ0v) is 13.2. The number of nitrogens with one attached hydrogen (secondary N) is 1. The summed E-state index contributed by atoms with van der Waals surface area (Å²) in [7, 11) is 0. The van der Waals surface area contributed by atoms with Gasteiger partial charge in [-0.1, -0.05) is 30.3 Å². The Labute approximate surface area is 136 Å². The molecule has 1 saturated heterocycles. The molecule has 2 aromatic carbocycles. The van der Waals surface area contributed by atoms with Gasteiger partial charge in [-0.3, -0.25) is 9.59 Å². The Bertz CT molecular complexity index is 712. The normalized spacial score (nSPS) is 17.1. The second kappa shape index (κ2) is 6.65. The molecular formula is C19H20N2O2. The molecule has 0 aliphatic carbocycles. The Morgan fingerprint density at radius 2 is 1.87 bits per heavy atom. The summed E-state index contributed by atoms with van der Waals surface area (Å²) in [5.74, 6) is -0.190. The molecule has 1 aliphatic rings. The summed E-state index contributed by atoms with van der Waals surface area (Å²) in [5.41, 5.74) is 2.49. The van der Waals surface area contributed by atoms with E-state index in [1.807, 2.05) is 49.4 Å². The average Bonchev–Trinajstić information content (AvgIpc) is 3.05. The van der Waals surface area contributed by atoms with Crippen molar-refractivity contribution in [2.45, 2.75) is 25.8 Å². The lowest BCUT2D eigenvalue weighted by Crippen LogP contribution is -2.43. The monoisotopic (exact) mass is 308 g/mol. The molecule has 4 nitrogen and oxygen atoms in total. The summed E-state index contributed by atoms with van der Waals surface area (Å²) in [6.07, 6.45) is 1.56. The van der Waals surface area contributed by atoms with Gasteiger partial charge in [0.05, 0.1) is 0 Å². The highest BCUT2D eigenvalue weighted by Crippen LogP contribution is 2.22. The first-order valence-corrected chi connectivity index (χ1v) is 7.89. The lowest BCUT2D eigenvalue weighted by molar-refractivity contribution is -0.119. The van der Waals surface area contributed by atoms with E-state index in [0.717, 1.165) is 17.7 Å². The minimum Gasteiger partial charge on any atom is -0.327 e. The predicted molar refractivity (Wildman–Crippen MR) is 90.3 cm³/mol. The molecule has 1 heterocycles. The summed E-state index contributed by atoms with van der Waals surface area (Å²) in [5, 5.41) is 2.93. The van der Waals surface area contributed by atoms with Gasteiger partial charge in [0.1, 0.15) is 6.04 Å². The van der Waals surface area contributed by atoms with E-state index in [4.69, 9.17) is 0 Å². The predicted octanol–water partition coefficient (Wildman–Crippen LogP) is 3.24. The minimum absolute atomic E-state index is 0.0764. The fourth-order valence-electron chi connectivity index (χ4n) is 2.98. The Morgan fingerprint density at radius 3 is 2.61 bits per heavy atom. The molecule has 1 aliphatic heterocycles. The fraction of sp³-hybridized carbons (Fsp3) is 0.263. The highest BCUT2D eigenvalue weighted by molar-refractivity contribution is 6.01. The van der Waals surface area contributed by atoms with E-state index >= 15 is 0 Å². The molecule has 1 fully saturated rings. The van der Waals surface area contributed by atoms with Crippen LogP contribution in [0.25, 0.3) is 0 Å². The van der Waals surface area contributed by atoms with Gasteiger partial charge in [-0.05, 0) is 49.6 Å². The van der Waals surface area contributed by atoms with Gasteiger partial charge < -0.3 is 10.2 Å². The van der Waals surface area contributed by atoms with E-state index in [1.54, 1.807) is 17.0 Å². The molecule has 3 rings (SSSR count). The van der Waals surface area contributed by atoms with E-state index in [2.05, 4.69) is 5.32 Å². The third-order valence-corrected chi connectivity index (χ3v) is 4.12. The Hall–Kier alpha value is -2.62. The molecule has 23 heavy (non-hydrogen) atoms. The van der Waals surface area contributed by atoms with E-state index in [-0.39, 0.29) is 11.8 Å². The molecule has 0 aromatic heterocycles. The van der Waals surface area contributed by atoms with Crippen LogP contribution in [0.2, 0.25) is 0 Å². The molecule has 0 bridgehead atoms. The number of likely N-dealkylation sites (tertiary alicyclic amines) is 1. The summed E-state index contributed by atoms with van der Waals surface area (Å²) < 4.78 is 0. The van der Waals surface area contributed by atoms with Crippen LogP contribution in [0.1, 0.15) is 28.8 Å². The Balaban J connectivity index is 1.73. The Morgan fingerprint density at radius 1 is 1.09 bits per heavy atom. The molecule has 1 atom stereocenters. The van der Waals surface area contributed by atoms with Gasteiger partial charge in [-0.25, -0.2) is 0 Å². The van der Waals surface area contributed by atoms with Crippen molar-refractivity contribution < 1.29 is 9.59 Å². The number of nitrogens with zero attached hydrogens (tertiary/aromatic N) is 1. The van der Waals surface area contributed by atoms with Crippen molar-refractivity contribution in [3.63, 3.8) is 0 Å². The number of carbonyl (C=O) groups excluding carboxylic acids is 2. The second-order valence-electron chi connectivity index (χ2n) is 5.88. The van der Waals surface area contributed by atoms with Crippen molar-refractivity contribution in [1.29, 1.82) is 0 Å². The lowest BCUT2D eigenvalue weighted by atomic mass is 10.1. The Kier molecular flexibility index (Phi) is 4.42. The van der Waals surface area contributed by atoms with Gasteiger partial charge in [0.25, 0.3) is 5.91 Å². The molecule has 2 aromatic rings. The summed E-state index contributed by atoms with van der Waals surface area (Å²) in [6, 6.07) is 16.4. The van der Waals surface area contributed by atoms with Crippen LogP contribution in [-0.4, -0.2) is 29.3 Å². The number of anilines is 1. The van der Waals surface area contributed by atoms with E-state index in [0.29, 0.717) is 18.5 Å². The molecule has 0 unspecified atom stereocenters. The quantitative estimate of drug-likeness (QED) is 0.946. The summed E-state index contributed by atoms with van der Waals surface area (Å²) >= 11 is 0. The van der Waals surface area contributed by atoms with Crippen molar-refractivity contribution in [3.05, 3.63) is 65.7 Å². The number of hydrogen-bond donors (Lipinski definition) is 1. The van der Waals surface area contributed by atoms with Crippen LogP contribution >= 0.6 is 0 Å². The van der Waals surface area contributed by atoms with E-state index in [9.17, 15) is 9.59 Å². The first kappa shape index (κ1) is 15.3. The van der Waals surface area contributed by atoms with Crippen molar-refractivity contribution >= 4 is 17.5 Å². The largest absolute Gasteiger partial charge is 0.327 e. The molecule has 1 N–H and O–H groups in total. The number of benzene rings is 2. The van der Waals surface area contributed by atoms with Crippen molar-refractivity contribution in [2.75, 3.05) is 11.9 Å². The van der Waals surface area contributed by atoms with Gasteiger partial charge in [-0.2, -0.15) is 0 Å². The topological polar surface area (TPSA) is 49.4 Å². The maximum absolute atomic E-state index is 12.6. The first-order valence-electron chi connectivity index (χ1n) is 7.89. The highest BCUT2D eigenvalue weighted by Gasteiger charge is 2.34. The van der Waals surface area contributed by atoms with Crippen molar-refractivity contribution in [1.82, 2.24) is 4.90 Å². The third-order valence-electron chi connectivity index (χ3n) is 4.12. The molecule has 0 saturated carbocycles. The number of hydrogen-bond acceptors (Lipinski definition) is 2. The van der Waals surface area contributed by atoms with Crippen LogP contribution in [0, 0.1) is 6.92 Å². The van der Waals surface area contributed by atoms with Crippen molar-refractivity contribution in [3.8, 4) is 0 Å². The molecule has 0 radical (unpaired) electrons. The number of rotatable bonds is 3. The van der Waals surface area contributed by atoms with Gasteiger partial charge in [0, 0.05) is 17.8 Å². The van der Waals surface area contributed by atoms with E-state index in [1.165, 1.54) is 0 Å². The standard InChI is InChI=1S/C19H20N2O2/c1-14-7-5-10-16(13-14)20-18(22)17-11-6-12-21(17)19(23)15-8-3-2-4-9-15/h2-5,7-10,13,17H,6,11-12H2,1H3,(H,20,22)/t17-/m0/s1. The van der Waals surface area contributed by atoms with Gasteiger partial charge in [0.2, 0.25) is 5.91 Å². The van der Waals surface area contributed by atoms with Gasteiger partial charge >= 0.3 is 0 Å². The number of amides is 2. The fourth-order valence-corrected chi connectivity index (χ4v) is 2.98. The summed E-state index contributed by atoms with van der Waals surface area (Å²) in [6.45, 7) is 2.61. The second-order valence-corrected chi connectivity index (χ2v) is 5.88. The number of carbonyl (C=O) groups is 2. The zero-order valence-electron chi connectivity index (χ0n) is 13.2. The molecule has 4 heteroatoms. The highest BCUT2D eigenvalue weighted by atomic mass is 16.2. The van der Waals surface area contributed by atoms with Crippen molar-refractivity contribution in [2.24, 2.45) is 0 Å². The zero-order chi connectivity index (χ0) is 16.2. The molecule has 2 amide bonds. The smallest absolute Gasteiger partial charge is 0.254 e. The van der Waals surface area contributed by atoms with Crippen LogP contribution in [0.3, 0.4) is 0 Å². The lowest BCUT2D eigenvalue weighted by Gasteiger charge is -2.24. The maximum Gasteiger partial charge on any atom is 0.254 e. The average molecular weight is 308 g/mol. The van der Waals surface area contributed by atoms with Crippen LogP contribution in [0.4, 0.5) is 5.69 Å². The molecule has 0 spiro atoms. The molecule has 118 valence electrons. The molecular weight excluding hydrogens is 288 g/mol. The van der Waals surface area contributed by atoms with Crippen LogP contribution in [0.15, 0.2) is 54.6 Å².